The lowest BCUT2D eigenvalue weighted by Crippen LogP contribution is -2.61. The van der Waals surface area contributed by atoms with Crippen molar-refractivity contribution in [2.75, 3.05) is 9.80 Å². The van der Waals surface area contributed by atoms with Crippen LogP contribution >= 0.6 is 0 Å². The highest BCUT2D eigenvalue weighted by atomic mass is 15.2. The number of nitrogens with zero attached hydrogens (tertiary/aromatic N) is 4. The molecule has 4 nitrogen and oxygen atoms in total. The first kappa shape index (κ1) is 60.6. The number of benzene rings is 7. The summed E-state index contributed by atoms with van der Waals surface area (Å²) in [5.41, 5.74) is 27.0. The molecule has 0 saturated heterocycles. The Morgan fingerprint density at radius 3 is 0.977 bits per heavy atom. The number of anilines is 6. The Hall–Kier alpha value is -6.72. The molecule has 450 valence electrons. The van der Waals surface area contributed by atoms with Gasteiger partial charge in [0.25, 0.3) is 6.71 Å². The van der Waals surface area contributed by atoms with Crippen LogP contribution in [0.3, 0.4) is 0 Å². The third-order valence-electron chi connectivity index (χ3n) is 20.2. The quantitative estimate of drug-likeness (QED) is 0.149. The van der Waals surface area contributed by atoms with E-state index in [4.69, 9.17) is 9.97 Å². The first-order valence-electron chi connectivity index (χ1n) is 33.4. The van der Waals surface area contributed by atoms with Crippen LogP contribution in [0.25, 0.3) is 33.9 Å². The standard InChI is InChI=1S/C82H99BN4/c1-77(2,3)59-31-35-65(36-32-59)86-71-39-29-54(52-25-21-19-22-26-52)45-67(71)83-68-46-55(53-27-23-20-24-28-53)30-40-72(68)87(66-37-33-60(34-38-66)78(4,5)6)74-48-58(47-73(86)75(74)83)76-84-69(56-41-61(79(7,8)9)49-62(42-56)80(10,11)12)51-70(85-76)57-43-63(81(13,14)15)50-64(44-57)82(16,17)18/h29-53H,19-28H2,1-18H3. The van der Waals surface area contributed by atoms with Crippen molar-refractivity contribution in [3.8, 4) is 33.9 Å². The second kappa shape index (κ2) is 22.1. The summed E-state index contributed by atoms with van der Waals surface area (Å²) >= 11 is 0. The van der Waals surface area contributed by atoms with Gasteiger partial charge in [0.2, 0.25) is 0 Å². The zero-order valence-electron chi connectivity index (χ0n) is 56.4. The van der Waals surface area contributed by atoms with Crippen molar-refractivity contribution in [3.63, 3.8) is 0 Å². The third kappa shape index (κ3) is 11.9. The molecule has 0 unspecified atom stereocenters. The van der Waals surface area contributed by atoms with Gasteiger partial charge in [-0.3, -0.25) is 0 Å². The van der Waals surface area contributed by atoms with E-state index in [1.807, 2.05) is 0 Å². The highest BCUT2D eigenvalue weighted by molar-refractivity contribution is 7.00. The molecule has 1 aromatic heterocycles. The van der Waals surface area contributed by atoms with Crippen LogP contribution in [-0.4, -0.2) is 16.7 Å². The van der Waals surface area contributed by atoms with Crippen molar-refractivity contribution in [1.82, 2.24) is 9.97 Å². The van der Waals surface area contributed by atoms with E-state index in [0.717, 1.165) is 45.3 Å². The molecule has 5 heteroatoms. The number of fused-ring (bicyclic) bond motifs is 4. The zero-order valence-corrected chi connectivity index (χ0v) is 56.4. The van der Waals surface area contributed by atoms with Crippen molar-refractivity contribution >= 4 is 57.2 Å². The van der Waals surface area contributed by atoms with E-state index in [-0.39, 0.29) is 39.2 Å². The van der Waals surface area contributed by atoms with Crippen LogP contribution in [0.2, 0.25) is 0 Å². The lowest BCUT2D eigenvalue weighted by molar-refractivity contribution is 0.444. The lowest BCUT2D eigenvalue weighted by Gasteiger charge is -2.45. The molecular weight excluding hydrogens is 1050 g/mol. The van der Waals surface area contributed by atoms with Crippen molar-refractivity contribution in [3.05, 3.63) is 184 Å². The number of hydrogen-bond donors (Lipinski definition) is 0. The summed E-state index contributed by atoms with van der Waals surface area (Å²) in [6.45, 7) is 42.0. The van der Waals surface area contributed by atoms with Gasteiger partial charge in [-0.25, -0.2) is 9.97 Å². The third-order valence-corrected chi connectivity index (χ3v) is 20.2. The van der Waals surface area contributed by atoms with Gasteiger partial charge in [-0.15, -0.1) is 0 Å². The minimum absolute atomic E-state index is 0.000350. The molecule has 2 aliphatic heterocycles. The van der Waals surface area contributed by atoms with Gasteiger partial charge in [-0.2, -0.15) is 0 Å². The average molecular weight is 1150 g/mol. The molecule has 12 rings (SSSR count). The Labute approximate surface area is 525 Å². The van der Waals surface area contributed by atoms with Gasteiger partial charge >= 0.3 is 0 Å². The number of aromatic nitrogens is 2. The van der Waals surface area contributed by atoms with Gasteiger partial charge in [-0.1, -0.05) is 224 Å². The molecule has 4 aliphatic rings. The van der Waals surface area contributed by atoms with Crippen LogP contribution in [-0.2, 0) is 32.5 Å². The predicted octanol–water partition coefficient (Wildman–Crippen LogP) is 21.4. The van der Waals surface area contributed by atoms with Crippen LogP contribution < -0.4 is 26.2 Å². The monoisotopic (exact) mass is 1150 g/mol. The number of hydrogen-bond acceptors (Lipinski definition) is 4. The highest BCUT2D eigenvalue weighted by Crippen LogP contribution is 2.49. The summed E-state index contributed by atoms with van der Waals surface area (Å²) in [5.74, 6) is 1.84. The van der Waals surface area contributed by atoms with Gasteiger partial charge in [0, 0.05) is 50.8 Å². The summed E-state index contributed by atoms with van der Waals surface area (Å²) in [7, 11) is 0. The Morgan fingerprint density at radius 1 is 0.322 bits per heavy atom. The Morgan fingerprint density at radius 2 is 0.655 bits per heavy atom. The lowest BCUT2D eigenvalue weighted by atomic mass is 9.33. The molecule has 2 saturated carbocycles. The molecular formula is C82H99BN4. The van der Waals surface area contributed by atoms with Crippen molar-refractivity contribution in [2.24, 2.45) is 0 Å². The fraction of sp³-hybridized carbons (Fsp3) is 0.439. The van der Waals surface area contributed by atoms with E-state index in [9.17, 15) is 0 Å². The van der Waals surface area contributed by atoms with Gasteiger partial charge in [0.1, 0.15) is 0 Å². The predicted molar refractivity (Wildman–Crippen MR) is 376 cm³/mol. The van der Waals surface area contributed by atoms with E-state index in [2.05, 4.69) is 274 Å². The first-order valence-corrected chi connectivity index (χ1v) is 33.4. The minimum Gasteiger partial charge on any atom is -0.311 e. The highest BCUT2D eigenvalue weighted by Gasteiger charge is 2.45. The SMILES string of the molecule is CC(C)(C)c1ccc(N2c3ccc(C4CCCCC4)cc3B3c4cc(C5CCCCC5)ccc4N(c4ccc(C(C)(C)C)cc4)c4cc(-c5nc(-c6cc(C(C)(C)C)cc(C(C)(C)C)c6)cc(-c6cc(C(C)(C)C)cc(C(C)(C)C)c6)n5)cc2c43)cc1. The molecule has 7 aromatic carbocycles. The molecule has 2 aliphatic carbocycles. The van der Waals surface area contributed by atoms with E-state index in [0.29, 0.717) is 11.8 Å². The minimum atomic E-state index is -0.0843. The smallest absolute Gasteiger partial charge is 0.252 e. The van der Waals surface area contributed by atoms with Gasteiger partial charge in [0.15, 0.2) is 5.82 Å². The molecule has 0 amide bonds. The normalized spacial score (nSPS) is 16.2. The zero-order chi connectivity index (χ0) is 61.9. The maximum atomic E-state index is 5.89. The van der Waals surface area contributed by atoms with Gasteiger partial charge < -0.3 is 9.80 Å². The Bertz CT molecular complexity index is 3570. The number of rotatable bonds is 7. The Kier molecular flexibility index (Phi) is 15.4. The molecule has 0 radical (unpaired) electrons. The molecule has 0 N–H and O–H groups in total. The van der Waals surface area contributed by atoms with Crippen molar-refractivity contribution in [1.29, 1.82) is 0 Å². The molecule has 87 heavy (non-hydrogen) atoms. The summed E-state index contributed by atoms with van der Waals surface area (Å²) in [5, 5.41) is 0. The summed E-state index contributed by atoms with van der Waals surface area (Å²) < 4.78 is 0. The van der Waals surface area contributed by atoms with E-state index < -0.39 is 0 Å². The van der Waals surface area contributed by atoms with Crippen molar-refractivity contribution < 1.29 is 0 Å². The topological polar surface area (TPSA) is 32.3 Å². The summed E-state index contributed by atoms with van der Waals surface area (Å²) in [4.78, 5) is 17.0. The average Bonchev–Trinajstić information content (AvgIpc) is 0.828. The van der Waals surface area contributed by atoms with Crippen LogP contribution in [0.5, 0.6) is 0 Å². The maximum absolute atomic E-state index is 5.89. The van der Waals surface area contributed by atoms with E-state index in [1.165, 1.54) is 148 Å². The fourth-order valence-electron chi connectivity index (χ4n) is 14.5. The summed E-state index contributed by atoms with van der Waals surface area (Å²) in [6, 6.07) is 56.1. The fourth-order valence-corrected chi connectivity index (χ4v) is 14.5. The Balaban J connectivity index is 1.20. The van der Waals surface area contributed by atoms with Gasteiger partial charge in [-0.05, 0) is 210 Å². The molecule has 0 spiro atoms. The van der Waals surface area contributed by atoms with Crippen LogP contribution in [0.4, 0.5) is 34.1 Å². The summed E-state index contributed by atoms with van der Waals surface area (Å²) in [6.07, 6.45) is 12.9. The molecule has 0 atom stereocenters. The largest absolute Gasteiger partial charge is 0.311 e. The van der Waals surface area contributed by atoms with Crippen LogP contribution in [0.1, 0.15) is 245 Å². The molecule has 3 heterocycles. The van der Waals surface area contributed by atoms with Gasteiger partial charge in [0.05, 0.1) is 11.4 Å². The second-order valence-electron chi connectivity index (χ2n) is 33.0. The maximum Gasteiger partial charge on any atom is 0.252 e. The second-order valence-corrected chi connectivity index (χ2v) is 33.0. The van der Waals surface area contributed by atoms with E-state index >= 15 is 0 Å². The van der Waals surface area contributed by atoms with Crippen LogP contribution in [0.15, 0.2) is 140 Å². The van der Waals surface area contributed by atoms with Crippen molar-refractivity contribution in [2.45, 2.75) is 233 Å². The van der Waals surface area contributed by atoms with Crippen LogP contribution in [0, 0.1) is 0 Å². The first-order chi connectivity index (χ1) is 40.9. The molecule has 2 fully saturated rings. The van der Waals surface area contributed by atoms with E-state index in [1.54, 1.807) is 0 Å². The molecule has 0 bridgehead atoms. The molecule has 8 aromatic rings.